The molecule has 0 fully saturated rings. The molecule has 0 saturated carbocycles. The van der Waals surface area contributed by atoms with E-state index in [1.165, 1.54) is 61.4 Å². The van der Waals surface area contributed by atoms with Gasteiger partial charge in [0.2, 0.25) is 0 Å². The van der Waals surface area contributed by atoms with Gasteiger partial charge in [-0.1, -0.05) is 169 Å². The maximum atomic E-state index is 5.21. The van der Waals surface area contributed by atoms with Crippen LogP contribution in [0.25, 0.3) is 72.1 Å². The van der Waals surface area contributed by atoms with Crippen molar-refractivity contribution in [1.82, 2.24) is 9.55 Å². The van der Waals surface area contributed by atoms with Crippen molar-refractivity contribution in [2.24, 2.45) is 0 Å². The number of para-hydroxylation sites is 3. The van der Waals surface area contributed by atoms with Crippen molar-refractivity contribution in [2.45, 2.75) is 31.7 Å². The van der Waals surface area contributed by atoms with Gasteiger partial charge < -0.3 is 14.4 Å². The number of anilines is 3. The molecule has 1 aliphatic carbocycles. The van der Waals surface area contributed by atoms with Gasteiger partial charge in [-0.05, 0) is 112 Å². The Morgan fingerprint density at radius 2 is 1.06 bits per heavy atom. The quantitative estimate of drug-likeness (QED) is 0.149. The van der Waals surface area contributed by atoms with Gasteiger partial charge >= 0.3 is 21.1 Å². The smallest absolute Gasteiger partial charge is 0.347 e. The van der Waals surface area contributed by atoms with E-state index in [0.717, 1.165) is 56.7 Å². The average Bonchev–Trinajstić information content (AvgIpc) is 4.06. The van der Waals surface area contributed by atoms with Gasteiger partial charge in [0.05, 0.1) is 18.0 Å². The molecule has 0 spiro atoms. The summed E-state index contributed by atoms with van der Waals surface area (Å²) in [5.74, 6) is 0.833. The van der Waals surface area contributed by atoms with Crippen LogP contribution in [0, 0.1) is 12.1 Å². The number of fused-ring (bicyclic) bond motifs is 7. The summed E-state index contributed by atoms with van der Waals surface area (Å²) in [4.78, 5) is 10.1. The predicted molar refractivity (Wildman–Crippen MR) is 286 cm³/mol. The van der Waals surface area contributed by atoms with Crippen LogP contribution in [0.4, 0.5) is 17.1 Å². The van der Waals surface area contributed by atoms with E-state index in [1.807, 2.05) is 6.20 Å². The Hall–Kier alpha value is -7.78. The Bertz CT molecular complexity index is 3670. The normalized spacial score (nSPS) is 13.5. The molecule has 0 amide bonds. The monoisotopic (exact) mass is 1080 g/mol. The maximum absolute atomic E-state index is 5.21. The minimum atomic E-state index is -0.740. The molecule has 0 radical (unpaired) electrons. The van der Waals surface area contributed by atoms with Crippen molar-refractivity contribution in [1.29, 1.82) is 0 Å². The fourth-order valence-electron chi connectivity index (χ4n) is 11.4. The topological polar surface area (TPSA) is 24.3 Å². The standard InChI is InChI=1S/C65H48N4.Pt/c1-64(2,3)68-43-67(59-34-16-17-35-60(59)68)49-25-18-24-47(41-49)65(56-31-13-10-26-52(56)53-27-11-14-32-57(53)65)48-36-37-55-54-28-12-15-33-58(54)69(61(55)42-48)62-40-46(38-39-66-62)63-50(44-20-6-4-7-21-44)29-19-30-51(63)45-22-8-5-9-23-45;/h4-40H,43H2,1-3H3;/q-2;+2. The summed E-state index contributed by atoms with van der Waals surface area (Å²) in [6, 6.07) is 87.5. The van der Waals surface area contributed by atoms with Crippen molar-refractivity contribution < 1.29 is 21.1 Å². The second kappa shape index (κ2) is 17.0. The van der Waals surface area contributed by atoms with Crippen LogP contribution >= 0.6 is 0 Å². The van der Waals surface area contributed by atoms with E-state index in [2.05, 4.69) is 266 Å². The van der Waals surface area contributed by atoms with Crippen LogP contribution in [0.3, 0.4) is 0 Å². The van der Waals surface area contributed by atoms with Crippen LogP contribution < -0.4 is 9.80 Å². The molecule has 0 N–H and O–H groups in total. The zero-order valence-electron chi connectivity index (χ0n) is 39.2. The Morgan fingerprint density at radius 3 is 1.74 bits per heavy atom. The fourth-order valence-corrected chi connectivity index (χ4v) is 11.4. The van der Waals surface area contributed by atoms with Gasteiger partial charge in [0.15, 0.2) is 0 Å². The minimum absolute atomic E-state index is 0. The second-order valence-electron chi connectivity index (χ2n) is 19.3. The summed E-state index contributed by atoms with van der Waals surface area (Å²) in [5, 5.41) is 2.28. The van der Waals surface area contributed by atoms with E-state index in [1.54, 1.807) is 0 Å². The Kier molecular flexibility index (Phi) is 10.6. The molecular formula is C65H48N4Pt. The first-order chi connectivity index (χ1) is 33.9. The van der Waals surface area contributed by atoms with Gasteiger partial charge in [-0.25, -0.2) is 4.98 Å². The summed E-state index contributed by atoms with van der Waals surface area (Å²) in [5.41, 5.74) is 18.7. The molecule has 4 nitrogen and oxygen atoms in total. The van der Waals surface area contributed by atoms with E-state index in [4.69, 9.17) is 4.98 Å². The van der Waals surface area contributed by atoms with Crippen LogP contribution in [0.15, 0.2) is 225 Å². The molecule has 2 aromatic heterocycles. The summed E-state index contributed by atoms with van der Waals surface area (Å²) in [7, 11) is 0. The first kappa shape index (κ1) is 43.5. The molecule has 9 aromatic carbocycles. The Morgan fingerprint density at radius 1 is 0.486 bits per heavy atom. The second-order valence-corrected chi connectivity index (χ2v) is 19.3. The van der Waals surface area contributed by atoms with Crippen LogP contribution in [-0.4, -0.2) is 21.8 Å². The third-order valence-corrected chi connectivity index (χ3v) is 14.5. The number of nitrogens with zero attached hydrogens (tertiary/aromatic N) is 4. The van der Waals surface area contributed by atoms with Gasteiger partial charge in [0.1, 0.15) is 5.82 Å². The number of hydrogen-bond acceptors (Lipinski definition) is 3. The summed E-state index contributed by atoms with van der Waals surface area (Å²) in [6.07, 6.45) is 1.97. The molecule has 5 heteroatoms. The van der Waals surface area contributed by atoms with Crippen molar-refractivity contribution in [3.05, 3.63) is 259 Å². The molecule has 0 unspecified atom stereocenters. The fraction of sp³-hybridized carbons (Fsp3) is 0.0923. The van der Waals surface area contributed by atoms with Crippen LogP contribution in [0.1, 0.15) is 43.0 Å². The van der Waals surface area contributed by atoms with Gasteiger partial charge in [-0.15, -0.1) is 22.6 Å². The van der Waals surface area contributed by atoms with Crippen molar-refractivity contribution in [3.63, 3.8) is 0 Å². The summed E-state index contributed by atoms with van der Waals surface area (Å²) >= 11 is 0. The third-order valence-electron chi connectivity index (χ3n) is 14.5. The van der Waals surface area contributed by atoms with E-state index in [9.17, 15) is 0 Å². The molecule has 0 bridgehead atoms. The number of benzene rings is 9. The molecule has 11 aromatic rings. The minimum Gasteiger partial charge on any atom is -0.347 e. The molecule has 2 aliphatic rings. The molecule has 13 rings (SSSR count). The van der Waals surface area contributed by atoms with Crippen molar-refractivity contribution in [2.75, 3.05) is 16.5 Å². The first-order valence-corrected chi connectivity index (χ1v) is 23.9. The zero-order valence-corrected chi connectivity index (χ0v) is 41.4. The molecule has 70 heavy (non-hydrogen) atoms. The maximum Gasteiger partial charge on any atom is 2.00 e. The summed E-state index contributed by atoms with van der Waals surface area (Å²) < 4.78 is 2.33. The summed E-state index contributed by atoms with van der Waals surface area (Å²) in [6.45, 7) is 7.60. The molecule has 0 atom stereocenters. The van der Waals surface area contributed by atoms with Gasteiger partial charge in [0.25, 0.3) is 0 Å². The zero-order chi connectivity index (χ0) is 46.3. The van der Waals surface area contributed by atoms with Crippen LogP contribution in [0.5, 0.6) is 0 Å². The average molecular weight is 1080 g/mol. The number of pyridine rings is 1. The van der Waals surface area contributed by atoms with E-state index >= 15 is 0 Å². The molecule has 338 valence electrons. The first-order valence-electron chi connectivity index (χ1n) is 23.9. The Labute approximate surface area is 424 Å². The van der Waals surface area contributed by atoms with E-state index in [0.29, 0.717) is 0 Å². The van der Waals surface area contributed by atoms with Crippen molar-refractivity contribution >= 4 is 38.9 Å². The van der Waals surface area contributed by atoms with Gasteiger partial charge in [-0.2, -0.15) is 36.4 Å². The molecule has 3 heterocycles. The van der Waals surface area contributed by atoms with Gasteiger partial charge in [0, 0.05) is 22.7 Å². The van der Waals surface area contributed by atoms with Gasteiger partial charge in [-0.3, -0.25) is 0 Å². The van der Waals surface area contributed by atoms with Crippen molar-refractivity contribution in [3.8, 4) is 50.3 Å². The largest absolute Gasteiger partial charge is 2.00 e. The molecule has 1 aliphatic heterocycles. The van der Waals surface area contributed by atoms with Crippen LogP contribution in [-0.2, 0) is 26.5 Å². The Balaban J connectivity index is 0.00000505. The van der Waals surface area contributed by atoms with E-state index in [-0.39, 0.29) is 26.6 Å². The SMILES string of the molecule is CC(C)(C)N1CN(c2[c-]c(C3(c4[c-]c5c(cc4)c4ccccc4n5-c4cc(-c5c(-c6ccccc6)cccc5-c5ccccc5)ccn4)c4ccccc4-c4ccccc43)ccc2)c2ccccc21.[Pt+2]. The number of hydrogen-bond donors (Lipinski definition) is 0. The third kappa shape index (κ3) is 6.72. The molecular weight excluding hydrogens is 1030 g/mol. The predicted octanol–water partition coefficient (Wildman–Crippen LogP) is 15.9. The number of rotatable bonds is 7. The van der Waals surface area contributed by atoms with E-state index < -0.39 is 5.41 Å². The number of aromatic nitrogens is 2. The molecule has 0 saturated heterocycles. The van der Waals surface area contributed by atoms with Crippen LogP contribution in [0.2, 0.25) is 0 Å².